The Morgan fingerprint density at radius 1 is 1.38 bits per heavy atom. The molecular formula is C16H23NO4. The van der Waals surface area contributed by atoms with Crippen LogP contribution in [0.2, 0.25) is 0 Å². The number of carbonyl (C=O) groups is 1. The third-order valence-electron chi connectivity index (χ3n) is 3.86. The summed E-state index contributed by atoms with van der Waals surface area (Å²) in [7, 11) is 0. The first-order valence-corrected chi connectivity index (χ1v) is 7.53. The summed E-state index contributed by atoms with van der Waals surface area (Å²) in [4.78, 5) is 13.4. The van der Waals surface area contributed by atoms with Crippen molar-refractivity contribution in [3.8, 4) is 11.5 Å². The highest BCUT2D eigenvalue weighted by molar-refractivity contribution is 5.73. The van der Waals surface area contributed by atoms with Gasteiger partial charge in [-0.05, 0) is 44.0 Å². The fraction of sp³-hybridized carbons (Fsp3) is 0.562. The van der Waals surface area contributed by atoms with Crippen LogP contribution in [0.5, 0.6) is 11.5 Å². The molecule has 1 aromatic rings. The monoisotopic (exact) mass is 293 g/mol. The molecule has 0 radical (unpaired) electrons. The van der Waals surface area contributed by atoms with E-state index in [1.54, 1.807) is 12.1 Å². The van der Waals surface area contributed by atoms with Gasteiger partial charge in [-0.1, -0.05) is 18.9 Å². The average Bonchev–Trinajstić information content (AvgIpc) is 2.68. The van der Waals surface area contributed by atoms with E-state index in [2.05, 4.69) is 0 Å². The van der Waals surface area contributed by atoms with E-state index in [-0.39, 0.29) is 5.75 Å². The molecule has 0 aliphatic carbocycles. The van der Waals surface area contributed by atoms with Crippen molar-refractivity contribution in [3.63, 3.8) is 0 Å². The molecule has 1 fully saturated rings. The first-order valence-electron chi connectivity index (χ1n) is 7.53. The maximum atomic E-state index is 11.4. The third-order valence-corrected chi connectivity index (χ3v) is 3.86. The molecule has 1 aliphatic rings. The number of aliphatic carboxylic acids is 1. The normalized spacial score (nSPS) is 20.0. The molecule has 1 aromatic carbocycles. The lowest BCUT2D eigenvalue weighted by molar-refractivity contribution is -0.143. The van der Waals surface area contributed by atoms with Gasteiger partial charge in [-0.2, -0.15) is 0 Å². The van der Waals surface area contributed by atoms with Crippen molar-refractivity contribution in [2.75, 3.05) is 13.2 Å². The minimum Gasteiger partial charge on any atom is -0.504 e. The van der Waals surface area contributed by atoms with E-state index in [0.717, 1.165) is 31.4 Å². The zero-order valence-corrected chi connectivity index (χ0v) is 12.4. The molecule has 5 nitrogen and oxygen atoms in total. The molecule has 0 amide bonds. The Balaban J connectivity index is 2.14. The fourth-order valence-corrected chi connectivity index (χ4v) is 2.80. The van der Waals surface area contributed by atoms with Crippen molar-refractivity contribution in [3.05, 3.63) is 23.8 Å². The van der Waals surface area contributed by atoms with Crippen LogP contribution >= 0.6 is 0 Å². The van der Waals surface area contributed by atoms with Crippen molar-refractivity contribution >= 4 is 5.97 Å². The number of likely N-dealkylation sites (tertiary alicyclic amines) is 1. The Kier molecular flexibility index (Phi) is 5.44. The number of phenols is 1. The fourth-order valence-electron chi connectivity index (χ4n) is 2.80. The van der Waals surface area contributed by atoms with E-state index in [0.29, 0.717) is 25.3 Å². The first-order chi connectivity index (χ1) is 10.1. The molecule has 116 valence electrons. The van der Waals surface area contributed by atoms with Crippen LogP contribution in [0, 0.1) is 0 Å². The van der Waals surface area contributed by atoms with E-state index < -0.39 is 12.0 Å². The molecule has 21 heavy (non-hydrogen) atoms. The highest BCUT2D eigenvalue weighted by atomic mass is 16.5. The Morgan fingerprint density at radius 3 is 2.90 bits per heavy atom. The molecule has 0 saturated carbocycles. The zero-order chi connectivity index (χ0) is 15.2. The van der Waals surface area contributed by atoms with Crippen molar-refractivity contribution in [2.45, 2.75) is 45.2 Å². The highest BCUT2D eigenvalue weighted by Crippen LogP contribution is 2.28. The zero-order valence-electron chi connectivity index (χ0n) is 12.4. The van der Waals surface area contributed by atoms with Crippen LogP contribution in [0.3, 0.4) is 0 Å². The molecule has 0 bridgehead atoms. The average molecular weight is 293 g/mol. The number of hydrogen-bond acceptors (Lipinski definition) is 4. The van der Waals surface area contributed by atoms with Crippen LogP contribution < -0.4 is 4.74 Å². The summed E-state index contributed by atoms with van der Waals surface area (Å²) in [5.74, 6) is -0.177. The second kappa shape index (κ2) is 7.31. The van der Waals surface area contributed by atoms with Gasteiger partial charge in [0.05, 0.1) is 6.61 Å². The number of aromatic hydroxyl groups is 1. The van der Waals surface area contributed by atoms with E-state index in [9.17, 15) is 15.0 Å². The van der Waals surface area contributed by atoms with Gasteiger partial charge in [0.1, 0.15) is 6.04 Å². The van der Waals surface area contributed by atoms with Crippen molar-refractivity contribution in [1.29, 1.82) is 0 Å². The predicted molar refractivity (Wildman–Crippen MR) is 79.6 cm³/mol. The molecule has 0 aromatic heterocycles. The first kappa shape index (κ1) is 15.6. The molecule has 1 atom stereocenters. The van der Waals surface area contributed by atoms with Crippen LogP contribution in [-0.2, 0) is 11.3 Å². The van der Waals surface area contributed by atoms with E-state index in [4.69, 9.17) is 4.74 Å². The molecule has 1 aliphatic heterocycles. The molecular weight excluding hydrogens is 270 g/mol. The van der Waals surface area contributed by atoms with Gasteiger partial charge in [0.25, 0.3) is 0 Å². The Labute approximate surface area is 125 Å². The van der Waals surface area contributed by atoms with Crippen molar-refractivity contribution < 1.29 is 19.7 Å². The van der Waals surface area contributed by atoms with Crippen molar-refractivity contribution in [2.24, 2.45) is 0 Å². The summed E-state index contributed by atoms with van der Waals surface area (Å²) in [5, 5.41) is 19.1. The van der Waals surface area contributed by atoms with E-state index in [1.807, 2.05) is 17.9 Å². The summed E-state index contributed by atoms with van der Waals surface area (Å²) in [6, 6.07) is 4.80. The minimum absolute atomic E-state index is 0.117. The van der Waals surface area contributed by atoms with Crippen LogP contribution in [0.15, 0.2) is 18.2 Å². The topological polar surface area (TPSA) is 70.0 Å². The van der Waals surface area contributed by atoms with E-state index >= 15 is 0 Å². The van der Waals surface area contributed by atoms with Gasteiger partial charge in [-0.15, -0.1) is 0 Å². The number of rotatable bonds is 5. The van der Waals surface area contributed by atoms with Crippen LogP contribution in [0.4, 0.5) is 0 Å². The number of nitrogens with zero attached hydrogens (tertiary/aromatic N) is 1. The molecule has 1 unspecified atom stereocenters. The lowest BCUT2D eigenvalue weighted by Crippen LogP contribution is -2.40. The lowest BCUT2D eigenvalue weighted by Gasteiger charge is -2.26. The SMILES string of the molecule is CCOc1cc(CN2CCCCCC2C(=O)O)ccc1O. The summed E-state index contributed by atoms with van der Waals surface area (Å²) < 4.78 is 5.38. The molecule has 2 rings (SSSR count). The number of carboxylic acids is 1. The quantitative estimate of drug-likeness (QED) is 0.873. The predicted octanol–water partition coefficient (Wildman–Crippen LogP) is 2.62. The van der Waals surface area contributed by atoms with Crippen molar-refractivity contribution in [1.82, 2.24) is 4.90 Å². The van der Waals surface area contributed by atoms with Gasteiger partial charge in [0, 0.05) is 6.54 Å². The molecule has 2 N–H and O–H groups in total. The standard InChI is InChI=1S/C16H23NO4/c1-2-21-15-10-12(7-8-14(15)18)11-17-9-5-3-4-6-13(17)16(19)20/h7-8,10,13,18H,2-6,9,11H2,1H3,(H,19,20). The van der Waals surface area contributed by atoms with Gasteiger partial charge in [0.2, 0.25) is 0 Å². The third kappa shape index (κ3) is 4.11. The number of phenolic OH excluding ortho intramolecular Hbond substituents is 1. The van der Waals surface area contributed by atoms with E-state index in [1.165, 1.54) is 0 Å². The Hall–Kier alpha value is -1.75. The lowest BCUT2D eigenvalue weighted by atomic mass is 10.1. The van der Waals surface area contributed by atoms with Gasteiger partial charge in [0.15, 0.2) is 11.5 Å². The summed E-state index contributed by atoms with van der Waals surface area (Å²) >= 11 is 0. The number of ether oxygens (including phenoxy) is 1. The van der Waals surface area contributed by atoms with Gasteiger partial charge < -0.3 is 14.9 Å². The second-order valence-electron chi connectivity index (χ2n) is 5.41. The minimum atomic E-state index is -0.749. The Bertz CT molecular complexity index is 489. The number of benzene rings is 1. The van der Waals surface area contributed by atoms with Crippen LogP contribution in [0.1, 0.15) is 38.2 Å². The van der Waals surface area contributed by atoms with Gasteiger partial charge in [-0.25, -0.2) is 0 Å². The van der Waals surface area contributed by atoms with Gasteiger partial charge in [-0.3, -0.25) is 9.69 Å². The smallest absolute Gasteiger partial charge is 0.320 e. The van der Waals surface area contributed by atoms with Crippen LogP contribution in [-0.4, -0.2) is 40.3 Å². The molecule has 5 heteroatoms. The maximum Gasteiger partial charge on any atom is 0.320 e. The van der Waals surface area contributed by atoms with Gasteiger partial charge >= 0.3 is 5.97 Å². The Morgan fingerprint density at radius 2 is 2.19 bits per heavy atom. The number of hydrogen-bond donors (Lipinski definition) is 2. The highest BCUT2D eigenvalue weighted by Gasteiger charge is 2.27. The van der Waals surface area contributed by atoms with Crippen LogP contribution in [0.25, 0.3) is 0 Å². The molecule has 0 spiro atoms. The largest absolute Gasteiger partial charge is 0.504 e. The molecule has 1 saturated heterocycles. The summed E-state index contributed by atoms with van der Waals surface area (Å²) in [6.07, 6.45) is 3.78. The number of carboxylic acid groups (broad SMARTS) is 1. The maximum absolute atomic E-state index is 11.4. The summed E-state index contributed by atoms with van der Waals surface area (Å²) in [6.45, 7) is 3.71. The molecule has 1 heterocycles. The second-order valence-corrected chi connectivity index (χ2v) is 5.41. The summed E-state index contributed by atoms with van der Waals surface area (Å²) in [5.41, 5.74) is 0.962.